The zero-order valence-electron chi connectivity index (χ0n) is 12.7. The molecule has 0 heterocycles. The Morgan fingerprint density at radius 3 is 1.32 bits per heavy atom. The number of allylic oxidation sites excluding steroid dienone is 4. The van der Waals surface area contributed by atoms with Gasteiger partial charge in [0.2, 0.25) is 5.41 Å². The van der Waals surface area contributed by atoms with Crippen LogP contribution in [0.5, 0.6) is 0 Å². The molecule has 0 aromatic heterocycles. The topological polar surface area (TPSA) is 92.5 Å². The van der Waals surface area contributed by atoms with Gasteiger partial charge in [-0.05, 0) is 23.3 Å². The quantitative estimate of drug-likeness (QED) is 0.443. The molecule has 0 radical (unpaired) electrons. The van der Waals surface area contributed by atoms with Gasteiger partial charge in [0, 0.05) is 12.8 Å². The van der Waals surface area contributed by atoms with E-state index in [9.17, 15) is 36.6 Å². The number of nitrogens with two attached hydrogens (primary N) is 2. The fraction of sp³-hybridized carbons (Fsp3) is 0.467. The van der Waals surface area contributed by atoms with Crippen LogP contribution in [0, 0.1) is 5.41 Å². The first kappa shape index (κ1) is 19.7. The van der Waals surface area contributed by atoms with Crippen LogP contribution in [0.15, 0.2) is 47.6 Å². The second kappa shape index (κ2) is 5.70. The van der Waals surface area contributed by atoms with Gasteiger partial charge >= 0.3 is 12.4 Å². The minimum atomic E-state index is -5.81. The van der Waals surface area contributed by atoms with Crippen molar-refractivity contribution in [3.8, 4) is 0 Å². The Hall–Kier alpha value is -1.62. The molecule has 0 aromatic carbocycles. The Labute approximate surface area is 138 Å². The van der Waals surface area contributed by atoms with Crippen LogP contribution in [0.3, 0.4) is 0 Å². The average molecular weight is 370 g/mol. The normalized spacial score (nSPS) is 31.0. The summed E-state index contributed by atoms with van der Waals surface area (Å²) in [6.07, 6.45) is -9.12. The maximum absolute atomic E-state index is 13.8. The van der Waals surface area contributed by atoms with Crippen molar-refractivity contribution >= 4 is 0 Å². The third kappa shape index (κ3) is 3.39. The lowest BCUT2D eigenvalue weighted by Gasteiger charge is -2.45. The number of hydrogen-bond acceptors (Lipinski definition) is 4. The van der Waals surface area contributed by atoms with E-state index in [1.54, 1.807) is 0 Å². The van der Waals surface area contributed by atoms with Gasteiger partial charge in [-0.3, -0.25) is 0 Å². The van der Waals surface area contributed by atoms with Crippen molar-refractivity contribution < 1.29 is 36.6 Å². The third-order valence-corrected chi connectivity index (χ3v) is 4.13. The molecule has 0 spiro atoms. The summed E-state index contributed by atoms with van der Waals surface area (Å²) in [5, 5.41) is 19.5. The molecule has 25 heavy (non-hydrogen) atoms. The largest absolute Gasteiger partial charge is 0.410 e. The van der Waals surface area contributed by atoms with Crippen LogP contribution >= 0.6 is 0 Å². The average Bonchev–Trinajstić information content (AvgIpc) is 2.33. The molecule has 4 nitrogen and oxygen atoms in total. The first-order valence-electron chi connectivity index (χ1n) is 7.06. The summed E-state index contributed by atoms with van der Waals surface area (Å²) in [5.74, 6) is 0. The van der Waals surface area contributed by atoms with Gasteiger partial charge < -0.3 is 21.7 Å². The predicted octanol–water partition coefficient (Wildman–Crippen LogP) is 2.16. The first-order valence-corrected chi connectivity index (χ1v) is 7.06. The molecule has 0 saturated carbocycles. The summed E-state index contributed by atoms with van der Waals surface area (Å²) in [6, 6.07) is 0. The highest BCUT2D eigenvalue weighted by Crippen LogP contribution is 2.62. The lowest BCUT2D eigenvalue weighted by Crippen LogP contribution is -2.57. The van der Waals surface area contributed by atoms with E-state index in [1.807, 2.05) is 0 Å². The molecule has 10 heteroatoms. The summed E-state index contributed by atoms with van der Waals surface area (Å²) in [6.45, 7) is 0. The predicted molar refractivity (Wildman–Crippen MR) is 76.5 cm³/mol. The molecule has 2 rings (SSSR count). The lowest BCUT2D eigenvalue weighted by atomic mass is 9.66. The molecule has 2 aliphatic rings. The Morgan fingerprint density at radius 1 is 0.760 bits per heavy atom. The van der Waals surface area contributed by atoms with E-state index in [4.69, 9.17) is 11.5 Å². The molecule has 2 unspecified atom stereocenters. The van der Waals surface area contributed by atoms with E-state index in [0.717, 1.165) is 24.3 Å². The van der Waals surface area contributed by atoms with Crippen LogP contribution in [0.1, 0.15) is 12.8 Å². The Bertz CT molecular complexity index is 610. The Morgan fingerprint density at radius 2 is 1.08 bits per heavy atom. The molecule has 2 atom stereocenters. The third-order valence-electron chi connectivity index (χ3n) is 4.13. The molecule has 0 aromatic rings. The van der Waals surface area contributed by atoms with E-state index in [0.29, 0.717) is 12.2 Å². The van der Waals surface area contributed by atoms with Crippen LogP contribution in [0.25, 0.3) is 0 Å². The highest BCUT2D eigenvalue weighted by atomic mass is 19.4. The monoisotopic (exact) mass is 370 g/mol. The van der Waals surface area contributed by atoms with E-state index < -0.39 is 53.2 Å². The SMILES string of the molecule is NC1(O)C=CC=C(C(C2=CC=CC(N)(O)C2)(C(F)(F)F)C(F)(F)F)C1. The molecule has 0 fully saturated rings. The zero-order chi connectivity index (χ0) is 19.3. The summed E-state index contributed by atoms with van der Waals surface area (Å²) in [7, 11) is 0. The Balaban J connectivity index is 2.77. The van der Waals surface area contributed by atoms with Crippen molar-refractivity contribution in [2.75, 3.05) is 0 Å². The fourth-order valence-electron chi connectivity index (χ4n) is 3.12. The van der Waals surface area contributed by atoms with E-state index in [2.05, 4.69) is 0 Å². The van der Waals surface area contributed by atoms with Gasteiger partial charge in [0.05, 0.1) is 0 Å². The molecule has 0 aliphatic heterocycles. The highest BCUT2D eigenvalue weighted by Gasteiger charge is 2.74. The van der Waals surface area contributed by atoms with Gasteiger partial charge in [-0.25, -0.2) is 0 Å². The second-order valence-electron chi connectivity index (χ2n) is 6.18. The van der Waals surface area contributed by atoms with Gasteiger partial charge in [0.25, 0.3) is 0 Å². The van der Waals surface area contributed by atoms with Gasteiger partial charge in [-0.1, -0.05) is 24.3 Å². The fourth-order valence-corrected chi connectivity index (χ4v) is 3.12. The lowest BCUT2D eigenvalue weighted by molar-refractivity contribution is -0.313. The van der Waals surface area contributed by atoms with Gasteiger partial charge in [-0.15, -0.1) is 0 Å². The maximum Gasteiger partial charge on any atom is 0.410 e. The molecule has 0 bridgehead atoms. The Kier molecular flexibility index (Phi) is 4.49. The van der Waals surface area contributed by atoms with Crippen LogP contribution in [0.4, 0.5) is 26.3 Å². The molecular weight excluding hydrogens is 354 g/mol. The smallest absolute Gasteiger partial charge is 0.372 e. The molecule has 0 amide bonds. The molecule has 6 N–H and O–H groups in total. The van der Waals surface area contributed by atoms with Gasteiger partial charge in [-0.2, -0.15) is 26.3 Å². The molecule has 140 valence electrons. The van der Waals surface area contributed by atoms with Crippen LogP contribution in [-0.4, -0.2) is 34.0 Å². The summed E-state index contributed by atoms with van der Waals surface area (Å²) in [5.41, 5.74) is -0.891. The van der Waals surface area contributed by atoms with E-state index in [1.165, 1.54) is 0 Å². The number of halogens is 6. The second-order valence-corrected chi connectivity index (χ2v) is 6.18. The van der Waals surface area contributed by atoms with Crippen LogP contribution < -0.4 is 11.5 Å². The zero-order valence-corrected chi connectivity index (χ0v) is 12.7. The maximum atomic E-state index is 13.8. The minimum Gasteiger partial charge on any atom is -0.372 e. The van der Waals surface area contributed by atoms with E-state index >= 15 is 0 Å². The van der Waals surface area contributed by atoms with Crippen molar-refractivity contribution in [2.45, 2.75) is 36.6 Å². The number of aliphatic hydroxyl groups is 2. The van der Waals surface area contributed by atoms with Crippen LogP contribution in [-0.2, 0) is 0 Å². The highest BCUT2D eigenvalue weighted by molar-refractivity contribution is 5.44. The number of alkyl halides is 6. The van der Waals surface area contributed by atoms with Crippen molar-refractivity contribution in [3.63, 3.8) is 0 Å². The number of rotatable bonds is 2. The summed E-state index contributed by atoms with van der Waals surface area (Å²) in [4.78, 5) is 0. The molecule has 0 saturated heterocycles. The van der Waals surface area contributed by atoms with Crippen molar-refractivity contribution in [3.05, 3.63) is 47.6 Å². The minimum absolute atomic E-state index is 0.622. The van der Waals surface area contributed by atoms with Gasteiger partial charge in [0.15, 0.2) is 0 Å². The number of hydrogen-bond donors (Lipinski definition) is 4. The summed E-state index contributed by atoms with van der Waals surface area (Å²) >= 11 is 0. The van der Waals surface area contributed by atoms with Crippen LogP contribution in [0.2, 0.25) is 0 Å². The molecule has 2 aliphatic carbocycles. The molecular formula is C15H16F6N2O2. The standard InChI is InChI=1S/C15H16F6N2O2/c16-14(17,18)13(15(19,20)21,9-3-1-5-11(22,24)7-9)10-4-2-6-12(23,25)8-10/h1-6,24-25H,7-8,22-23H2. The first-order chi connectivity index (χ1) is 11.1. The van der Waals surface area contributed by atoms with Gasteiger partial charge in [0.1, 0.15) is 11.4 Å². The van der Waals surface area contributed by atoms with E-state index in [-0.39, 0.29) is 0 Å². The van der Waals surface area contributed by atoms with Crippen molar-refractivity contribution in [1.82, 2.24) is 0 Å². The van der Waals surface area contributed by atoms with Crippen molar-refractivity contribution in [2.24, 2.45) is 16.9 Å². The van der Waals surface area contributed by atoms with Crippen molar-refractivity contribution in [1.29, 1.82) is 0 Å². The summed E-state index contributed by atoms with van der Waals surface area (Å²) < 4.78 is 83.1.